The van der Waals surface area contributed by atoms with Gasteiger partial charge < -0.3 is 15.0 Å². The van der Waals surface area contributed by atoms with Crippen molar-refractivity contribution >= 4 is 5.91 Å². The zero-order valence-electron chi connectivity index (χ0n) is 11.3. The molecule has 0 aromatic rings. The molecule has 1 N–H and O–H groups in total. The monoisotopic (exact) mass is 254 g/mol. The van der Waals surface area contributed by atoms with Crippen LogP contribution in [0.5, 0.6) is 0 Å². The van der Waals surface area contributed by atoms with E-state index >= 15 is 0 Å². The Bertz CT molecular complexity index is 246. The van der Waals surface area contributed by atoms with Crippen molar-refractivity contribution in [1.29, 1.82) is 0 Å². The first kappa shape index (κ1) is 13.8. The summed E-state index contributed by atoms with van der Waals surface area (Å²) in [4.78, 5) is 13.7. The lowest BCUT2D eigenvalue weighted by molar-refractivity contribution is -0.134. The van der Waals surface area contributed by atoms with Crippen molar-refractivity contribution < 1.29 is 9.53 Å². The van der Waals surface area contributed by atoms with Crippen LogP contribution in [0.15, 0.2) is 0 Å². The van der Waals surface area contributed by atoms with Crippen LogP contribution in [0.25, 0.3) is 0 Å². The molecule has 2 aliphatic rings. The number of hydrogen-bond donors (Lipinski definition) is 1. The Morgan fingerprint density at radius 2 is 1.94 bits per heavy atom. The molecule has 1 saturated heterocycles. The fourth-order valence-corrected chi connectivity index (χ4v) is 2.93. The van der Waals surface area contributed by atoms with Gasteiger partial charge in [0.15, 0.2) is 0 Å². The predicted octanol–water partition coefficient (Wildman–Crippen LogP) is 1.41. The summed E-state index contributed by atoms with van der Waals surface area (Å²) in [5, 5.41) is 3.27. The van der Waals surface area contributed by atoms with Crippen molar-refractivity contribution in [2.45, 2.75) is 38.5 Å². The zero-order valence-corrected chi connectivity index (χ0v) is 11.3. The van der Waals surface area contributed by atoms with E-state index in [1.54, 1.807) is 0 Å². The second-order valence-electron chi connectivity index (χ2n) is 5.46. The van der Waals surface area contributed by atoms with Crippen LogP contribution in [-0.2, 0) is 9.53 Å². The molecule has 104 valence electrons. The lowest BCUT2D eigenvalue weighted by Gasteiger charge is -2.26. The number of hydrogen-bond acceptors (Lipinski definition) is 3. The highest BCUT2D eigenvalue weighted by Crippen LogP contribution is 2.28. The number of amides is 1. The normalized spacial score (nSPS) is 21.4. The summed E-state index contributed by atoms with van der Waals surface area (Å²) < 4.78 is 5.24. The molecule has 1 aliphatic carbocycles. The lowest BCUT2D eigenvalue weighted by Crippen LogP contribution is -2.44. The van der Waals surface area contributed by atoms with Gasteiger partial charge in [-0.05, 0) is 25.3 Å². The van der Waals surface area contributed by atoms with Crippen LogP contribution in [-0.4, -0.2) is 50.2 Å². The van der Waals surface area contributed by atoms with Gasteiger partial charge >= 0.3 is 0 Å². The maximum atomic E-state index is 11.8. The van der Waals surface area contributed by atoms with E-state index in [-0.39, 0.29) is 5.91 Å². The average Bonchev–Trinajstić information content (AvgIpc) is 2.92. The van der Waals surface area contributed by atoms with Gasteiger partial charge in [-0.1, -0.05) is 25.7 Å². The van der Waals surface area contributed by atoms with E-state index in [2.05, 4.69) is 5.32 Å². The summed E-state index contributed by atoms with van der Waals surface area (Å²) in [5.74, 6) is 1.18. The first-order valence-corrected chi connectivity index (χ1v) is 7.42. The summed E-state index contributed by atoms with van der Waals surface area (Å²) in [7, 11) is 0. The second kappa shape index (κ2) is 7.74. The number of ether oxygens (including phenoxy) is 1. The fraction of sp³-hybridized carbons (Fsp3) is 0.929. The number of morpholine rings is 1. The van der Waals surface area contributed by atoms with Gasteiger partial charge in [-0.2, -0.15) is 0 Å². The van der Waals surface area contributed by atoms with Crippen LogP contribution in [0, 0.1) is 5.92 Å². The molecule has 2 fully saturated rings. The smallest absolute Gasteiger partial charge is 0.236 e. The third kappa shape index (κ3) is 4.58. The topological polar surface area (TPSA) is 41.6 Å². The van der Waals surface area contributed by atoms with Crippen molar-refractivity contribution in [3.05, 3.63) is 0 Å². The molecule has 1 heterocycles. The Hall–Kier alpha value is -0.610. The van der Waals surface area contributed by atoms with E-state index in [0.29, 0.717) is 19.8 Å². The van der Waals surface area contributed by atoms with E-state index in [4.69, 9.17) is 4.74 Å². The molecule has 4 nitrogen and oxygen atoms in total. The van der Waals surface area contributed by atoms with Gasteiger partial charge in [0.1, 0.15) is 0 Å². The SMILES string of the molecule is O=C(CNCCCC1CCCC1)N1CCOCC1. The molecule has 1 aliphatic heterocycles. The average molecular weight is 254 g/mol. The third-order valence-corrected chi connectivity index (χ3v) is 4.08. The van der Waals surface area contributed by atoms with Crippen LogP contribution in [0.1, 0.15) is 38.5 Å². The molecule has 2 rings (SSSR count). The predicted molar refractivity (Wildman–Crippen MR) is 71.5 cm³/mol. The maximum absolute atomic E-state index is 11.8. The molecule has 4 heteroatoms. The molecule has 0 aromatic heterocycles. The minimum Gasteiger partial charge on any atom is -0.378 e. The highest BCUT2D eigenvalue weighted by molar-refractivity contribution is 5.78. The highest BCUT2D eigenvalue weighted by atomic mass is 16.5. The Morgan fingerprint density at radius 1 is 1.22 bits per heavy atom. The van der Waals surface area contributed by atoms with Crippen molar-refractivity contribution in [2.75, 3.05) is 39.4 Å². The van der Waals surface area contributed by atoms with Crippen molar-refractivity contribution in [2.24, 2.45) is 5.92 Å². The Balaban J connectivity index is 1.48. The van der Waals surface area contributed by atoms with Crippen LogP contribution in [0.4, 0.5) is 0 Å². The Kier molecular flexibility index (Phi) is 5.94. The largest absolute Gasteiger partial charge is 0.378 e. The molecular weight excluding hydrogens is 228 g/mol. The molecular formula is C14H26N2O2. The molecule has 0 spiro atoms. The zero-order chi connectivity index (χ0) is 12.6. The summed E-state index contributed by atoms with van der Waals surface area (Å²) in [6.07, 6.45) is 8.24. The molecule has 0 unspecified atom stereocenters. The Labute approximate surface area is 110 Å². The molecule has 0 aromatic carbocycles. The van der Waals surface area contributed by atoms with Gasteiger partial charge in [0, 0.05) is 13.1 Å². The number of nitrogens with zero attached hydrogens (tertiary/aromatic N) is 1. The summed E-state index contributed by atoms with van der Waals surface area (Å²) >= 11 is 0. The third-order valence-electron chi connectivity index (χ3n) is 4.08. The maximum Gasteiger partial charge on any atom is 0.236 e. The van der Waals surface area contributed by atoms with Gasteiger partial charge in [0.2, 0.25) is 5.91 Å². The molecule has 0 atom stereocenters. The number of nitrogens with one attached hydrogen (secondary N) is 1. The van der Waals surface area contributed by atoms with Crippen LogP contribution in [0.2, 0.25) is 0 Å². The molecule has 1 saturated carbocycles. The summed E-state index contributed by atoms with van der Waals surface area (Å²) in [6, 6.07) is 0. The van der Waals surface area contributed by atoms with E-state index in [1.807, 2.05) is 4.90 Å². The van der Waals surface area contributed by atoms with Crippen LogP contribution < -0.4 is 5.32 Å². The molecule has 1 amide bonds. The number of rotatable bonds is 6. The molecule has 18 heavy (non-hydrogen) atoms. The van der Waals surface area contributed by atoms with Gasteiger partial charge in [-0.3, -0.25) is 4.79 Å². The van der Waals surface area contributed by atoms with E-state index in [9.17, 15) is 4.79 Å². The quantitative estimate of drug-likeness (QED) is 0.729. The number of carbonyl (C=O) groups excluding carboxylic acids is 1. The van der Waals surface area contributed by atoms with Gasteiger partial charge in [0.05, 0.1) is 19.8 Å². The molecule has 0 bridgehead atoms. The Morgan fingerprint density at radius 3 is 2.67 bits per heavy atom. The lowest BCUT2D eigenvalue weighted by atomic mass is 10.0. The first-order chi connectivity index (χ1) is 8.86. The summed E-state index contributed by atoms with van der Waals surface area (Å²) in [5.41, 5.74) is 0. The van der Waals surface area contributed by atoms with Crippen LogP contribution in [0.3, 0.4) is 0 Å². The van der Waals surface area contributed by atoms with E-state index < -0.39 is 0 Å². The van der Waals surface area contributed by atoms with Crippen molar-refractivity contribution in [1.82, 2.24) is 10.2 Å². The standard InChI is InChI=1S/C14H26N2O2/c17-14(16-8-10-18-11-9-16)12-15-7-3-6-13-4-1-2-5-13/h13,15H,1-12H2. The summed E-state index contributed by atoms with van der Waals surface area (Å²) in [6.45, 7) is 4.35. The minimum absolute atomic E-state index is 0.221. The van der Waals surface area contributed by atoms with Gasteiger partial charge in [-0.25, -0.2) is 0 Å². The molecule has 0 radical (unpaired) electrons. The van der Waals surface area contributed by atoms with Gasteiger partial charge in [0.25, 0.3) is 0 Å². The first-order valence-electron chi connectivity index (χ1n) is 7.42. The number of carbonyl (C=O) groups is 1. The minimum atomic E-state index is 0.221. The van der Waals surface area contributed by atoms with E-state index in [1.165, 1.54) is 38.5 Å². The second-order valence-corrected chi connectivity index (χ2v) is 5.46. The van der Waals surface area contributed by atoms with Gasteiger partial charge in [-0.15, -0.1) is 0 Å². The van der Waals surface area contributed by atoms with Crippen molar-refractivity contribution in [3.8, 4) is 0 Å². The van der Waals surface area contributed by atoms with Crippen LogP contribution >= 0.6 is 0 Å². The fourth-order valence-electron chi connectivity index (χ4n) is 2.93. The van der Waals surface area contributed by atoms with Crippen molar-refractivity contribution in [3.63, 3.8) is 0 Å². The van der Waals surface area contributed by atoms with E-state index in [0.717, 1.165) is 25.6 Å². The highest BCUT2D eigenvalue weighted by Gasteiger charge is 2.16.